The second-order valence-electron chi connectivity index (χ2n) is 2.75. The molecule has 0 unspecified atom stereocenters. The van der Waals surface area contributed by atoms with E-state index in [1.807, 2.05) is 0 Å². The summed E-state index contributed by atoms with van der Waals surface area (Å²) in [6.07, 6.45) is 1.32. The highest BCUT2D eigenvalue weighted by atomic mass is 32.2. The minimum atomic E-state index is -3.63. The number of hydrogen-bond donors (Lipinski definition) is 4. The monoisotopic (exact) mass is 232 g/mol. The van der Waals surface area contributed by atoms with Crippen molar-refractivity contribution in [3.63, 3.8) is 0 Å². The van der Waals surface area contributed by atoms with Gasteiger partial charge in [0.05, 0.1) is 11.8 Å². The average Bonchev–Trinajstić information content (AvgIpc) is 2.48. The lowest BCUT2D eigenvalue weighted by Gasteiger charge is -2.08. The molecule has 0 atom stereocenters. The van der Waals surface area contributed by atoms with Gasteiger partial charge in [-0.05, 0) is 0 Å². The van der Waals surface area contributed by atoms with Gasteiger partial charge in [0.15, 0.2) is 0 Å². The predicted molar refractivity (Wildman–Crippen MR) is 55.8 cm³/mol. The van der Waals surface area contributed by atoms with Crippen LogP contribution in [0.5, 0.6) is 0 Å². The molecule has 0 aliphatic heterocycles. The Morgan fingerprint density at radius 3 is 2.73 bits per heavy atom. The number of anilines is 1. The van der Waals surface area contributed by atoms with Crippen LogP contribution < -0.4 is 15.2 Å². The zero-order valence-electron chi connectivity index (χ0n) is 8.27. The summed E-state index contributed by atoms with van der Waals surface area (Å²) in [7, 11) is -0.822. The first kappa shape index (κ1) is 11.5. The van der Waals surface area contributed by atoms with Crippen molar-refractivity contribution in [3.05, 3.63) is 11.8 Å². The van der Waals surface area contributed by atoms with E-state index >= 15 is 0 Å². The SMILES string of the molecule is CNS(=O)(=O)Nc1c(C(=N)N)cnn1C. The number of nitrogens with zero attached hydrogens (tertiary/aromatic N) is 2. The Bertz CT molecular complexity index is 476. The van der Waals surface area contributed by atoms with Gasteiger partial charge in [0.25, 0.3) is 10.2 Å². The molecule has 0 bridgehead atoms. The van der Waals surface area contributed by atoms with Crippen molar-refractivity contribution < 1.29 is 8.42 Å². The molecule has 0 aromatic carbocycles. The van der Waals surface area contributed by atoms with E-state index in [1.165, 1.54) is 17.9 Å². The van der Waals surface area contributed by atoms with Gasteiger partial charge in [0.1, 0.15) is 11.7 Å². The van der Waals surface area contributed by atoms with Crippen LogP contribution in [0.1, 0.15) is 5.56 Å². The summed E-state index contributed by atoms with van der Waals surface area (Å²) >= 11 is 0. The molecule has 8 nitrogen and oxygen atoms in total. The van der Waals surface area contributed by atoms with Crippen LogP contribution in [0.4, 0.5) is 5.82 Å². The Labute approximate surface area is 87.2 Å². The van der Waals surface area contributed by atoms with Gasteiger partial charge in [0, 0.05) is 14.1 Å². The number of hydrogen-bond acceptors (Lipinski definition) is 4. The number of nitrogens with one attached hydrogen (secondary N) is 3. The fourth-order valence-corrected chi connectivity index (χ4v) is 1.53. The number of nitrogen functional groups attached to an aromatic ring is 1. The van der Waals surface area contributed by atoms with E-state index in [-0.39, 0.29) is 17.2 Å². The number of amidine groups is 1. The highest BCUT2D eigenvalue weighted by Gasteiger charge is 2.16. The van der Waals surface area contributed by atoms with Crippen molar-refractivity contribution in [2.45, 2.75) is 0 Å². The number of nitrogens with two attached hydrogens (primary N) is 1. The first-order chi connectivity index (χ1) is 6.87. The molecule has 0 spiro atoms. The topological polar surface area (TPSA) is 126 Å². The molecule has 15 heavy (non-hydrogen) atoms. The maximum absolute atomic E-state index is 11.2. The van der Waals surface area contributed by atoms with Gasteiger partial charge < -0.3 is 5.73 Å². The zero-order chi connectivity index (χ0) is 11.6. The summed E-state index contributed by atoms with van der Waals surface area (Å²) in [4.78, 5) is 0. The molecule has 0 fully saturated rings. The molecule has 1 rings (SSSR count). The van der Waals surface area contributed by atoms with Gasteiger partial charge in [-0.1, -0.05) is 0 Å². The van der Waals surface area contributed by atoms with E-state index in [0.29, 0.717) is 0 Å². The van der Waals surface area contributed by atoms with E-state index in [0.717, 1.165) is 0 Å². The quantitative estimate of drug-likeness (QED) is 0.375. The first-order valence-corrected chi connectivity index (χ1v) is 5.43. The molecule has 0 aliphatic rings. The lowest BCUT2D eigenvalue weighted by molar-refractivity contribution is 0.592. The van der Waals surface area contributed by atoms with Crippen LogP contribution in [0, 0.1) is 5.41 Å². The highest BCUT2D eigenvalue weighted by molar-refractivity contribution is 7.90. The maximum atomic E-state index is 11.2. The third-order valence-electron chi connectivity index (χ3n) is 1.73. The summed E-state index contributed by atoms with van der Waals surface area (Å²) in [5.41, 5.74) is 5.50. The van der Waals surface area contributed by atoms with Gasteiger partial charge in [-0.2, -0.15) is 13.5 Å². The first-order valence-electron chi connectivity index (χ1n) is 3.95. The molecular weight excluding hydrogens is 220 g/mol. The van der Waals surface area contributed by atoms with Gasteiger partial charge in [-0.25, -0.2) is 4.72 Å². The number of aryl methyl sites for hydroxylation is 1. The minimum absolute atomic E-state index is 0.150. The minimum Gasteiger partial charge on any atom is -0.384 e. The molecular formula is C6H12N6O2S. The summed E-state index contributed by atoms with van der Waals surface area (Å²) in [5, 5.41) is 11.0. The van der Waals surface area contributed by atoms with Gasteiger partial charge in [-0.3, -0.25) is 14.8 Å². The van der Waals surface area contributed by atoms with Crippen molar-refractivity contribution in [1.82, 2.24) is 14.5 Å². The lowest BCUT2D eigenvalue weighted by atomic mass is 10.3. The van der Waals surface area contributed by atoms with Gasteiger partial charge in [-0.15, -0.1) is 0 Å². The molecule has 84 valence electrons. The Balaban J connectivity index is 3.14. The highest BCUT2D eigenvalue weighted by Crippen LogP contribution is 2.13. The van der Waals surface area contributed by atoms with E-state index < -0.39 is 10.2 Å². The Hall–Kier alpha value is -1.61. The largest absolute Gasteiger partial charge is 0.384 e. The van der Waals surface area contributed by atoms with Crippen molar-refractivity contribution in [3.8, 4) is 0 Å². The number of aromatic nitrogens is 2. The summed E-state index contributed by atoms with van der Waals surface area (Å²) in [6, 6.07) is 0. The predicted octanol–water partition coefficient (Wildman–Crippen LogP) is -1.42. The average molecular weight is 232 g/mol. The third kappa shape index (κ3) is 2.44. The number of rotatable bonds is 4. The van der Waals surface area contributed by atoms with Crippen LogP contribution in [0.3, 0.4) is 0 Å². The van der Waals surface area contributed by atoms with Crippen LogP contribution in [0.25, 0.3) is 0 Å². The summed E-state index contributed by atoms with van der Waals surface area (Å²) in [6.45, 7) is 0. The van der Waals surface area contributed by atoms with Crippen LogP contribution in [-0.2, 0) is 17.3 Å². The molecule has 0 aliphatic carbocycles. The fraction of sp³-hybridized carbons (Fsp3) is 0.333. The normalized spacial score (nSPS) is 11.3. The van der Waals surface area contributed by atoms with E-state index in [9.17, 15) is 8.42 Å². The summed E-state index contributed by atoms with van der Waals surface area (Å²) < 4.78 is 28.0. The molecule has 1 aromatic rings. The van der Waals surface area contributed by atoms with Crippen LogP contribution in [-0.4, -0.2) is 31.1 Å². The molecule has 0 radical (unpaired) electrons. The van der Waals surface area contributed by atoms with E-state index in [1.54, 1.807) is 7.05 Å². The van der Waals surface area contributed by atoms with Crippen molar-refractivity contribution in [2.75, 3.05) is 11.8 Å². The molecule has 0 amide bonds. The van der Waals surface area contributed by atoms with Crippen LogP contribution in [0.2, 0.25) is 0 Å². The maximum Gasteiger partial charge on any atom is 0.300 e. The second-order valence-corrected chi connectivity index (χ2v) is 4.37. The lowest BCUT2D eigenvalue weighted by Crippen LogP contribution is -2.28. The Morgan fingerprint density at radius 2 is 2.27 bits per heavy atom. The smallest absolute Gasteiger partial charge is 0.300 e. The molecule has 1 aromatic heterocycles. The Kier molecular flexibility index (Phi) is 2.95. The second kappa shape index (κ2) is 3.87. The van der Waals surface area contributed by atoms with Gasteiger partial charge in [0.2, 0.25) is 0 Å². The van der Waals surface area contributed by atoms with Crippen molar-refractivity contribution >= 4 is 21.9 Å². The van der Waals surface area contributed by atoms with Gasteiger partial charge >= 0.3 is 0 Å². The Morgan fingerprint density at radius 1 is 1.67 bits per heavy atom. The zero-order valence-corrected chi connectivity index (χ0v) is 9.09. The van der Waals surface area contributed by atoms with E-state index in [2.05, 4.69) is 14.5 Å². The van der Waals surface area contributed by atoms with Crippen LogP contribution in [0.15, 0.2) is 6.20 Å². The molecule has 0 saturated carbocycles. The molecule has 1 heterocycles. The van der Waals surface area contributed by atoms with Crippen LogP contribution >= 0.6 is 0 Å². The van der Waals surface area contributed by atoms with Crippen molar-refractivity contribution in [2.24, 2.45) is 12.8 Å². The molecule has 0 saturated heterocycles. The third-order valence-corrected chi connectivity index (χ3v) is 2.73. The standard InChI is InChI=1S/C6H12N6O2S/c1-9-15(13,14)11-6-4(5(7)8)3-10-12(6)2/h3,9,11H,1-2H3,(H3,7,8). The fourth-order valence-electron chi connectivity index (χ4n) is 0.934. The summed E-state index contributed by atoms with van der Waals surface area (Å²) in [5.74, 6) is -0.103. The molecule has 9 heteroatoms. The molecule has 5 N–H and O–H groups in total. The van der Waals surface area contributed by atoms with E-state index in [4.69, 9.17) is 11.1 Å². The van der Waals surface area contributed by atoms with Crippen molar-refractivity contribution in [1.29, 1.82) is 5.41 Å².